The van der Waals surface area contributed by atoms with Crippen molar-refractivity contribution in [1.29, 1.82) is 0 Å². The summed E-state index contributed by atoms with van der Waals surface area (Å²) in [6.45, 7) is 4.11. The van der Waals surface area contributed by atoms with Crippen LogP contribution >= 0.6 is 0 Å². The van der Waals surface area contributed by atoms with E-state index in [4.69, 9.17) is 0 Å². The number of carbonyl (C=O) groups excluding carboxylic acids is 1. The molecule has 0 radical (unpaired) electrons. The minimum absolute atomic E-state index is 0.110. The number of piperidine rings is 2. The van der Waals surface area contributed by atoms with Gasteiger partial charge in [0.2, 0.25) is 5.91 Å². The number of hydrogen-bond acceptors (Lipinski definition) is 5. The van der Waals surface area contributed by atoms with Gasteiger partial charge in [0, 0.05) is 44.2 Å². The number of fused-ring (bicyclic) bond motifs is 1. The first kappa shape index (κ1) is 22.2. The normalized spacial score (nSPS) is 20.7. The van der Waals surface area contributed by atoms with E-state index >= 15 is 0 Å². The lowest BCUT2D eigenvalue weighted by Crippen LogP contribution is -2.47. The molecule has 2 aromatic heterocycles. The van der Waals surface area contributed by atoms with Crippen LogP contribution in [0, 0.1) is 12.8 Å². The number of likely N-dealkylation sites (tertiary alicyclic amines) is 1. The predicted molar refractivity (Wildman–Crippen MR) is 125 cm³/mol. The van der Waals surface area contributed by atoms with Gasteiger partial charge in [0.25, 0.3) is 0 Å². The molecule has 174 valence electrons. The van der Waals surface area contributed by atoms with Gasteiger partial charge in [-0.25, -0.2) is 9.97 Å². The smallest absolute Gasteiger partial charge is 0.225 e. The fourth-order valence-corrected chi connectivity index (χ4v) is 6.36. The van der Waals surface area contributed by atoms with Crippen LogP contribution in [0.3, 0.4) is 0 Å². The first-order valence-electron chi connectivity index (χ1n) is 11.6. The molecule has 1 unspecified atom stereocenters. The van der Waals surface area contributed by atoms with Crippen LogP contribution in [-0.4, -0.2) is 60.8 Å². The molecule has 33 heavy (non-hydrogen) atoms. The molecular weight excluding hydrogens is 438 g/mol. The Morgan fingerprint density at radius 1 is 1.06 bits per heavy atom. The van der Waals surface area contributed by atoms with E-state index in [0.717, 1.165) is 35.4 Å². The number of nitrogens with zero attached hydrogens (tertiary/aromatic N) is 4. The first-order chi connectivity index (χ1) is 15.9. The van der Waals surface area contributed by atoms with Gasteiger partial charge in [-0.15, -0.1) is 4.31 Å². The summed E-state index contributed by atoms with van der Waals surface area (Å²) in [6, 6.07) is 10.8. The zero-order valence-electron chi connectivity index (χ0n) is 18.8. The number of aryl methyl sites for hydroxylation is 1. The molecule has 5 rings (SSSR count). The van der Waals surface area contributed by atoms with Gasteiger partial charge >= 0.3 is 0 Å². The highest BCUT2D eigenvalue weighted by molar-refractivity contribution is 7.95. The van der Waals surface area contributed by atoms with Crippen LogP contribution in [0.4, 0.5) is 0 Å². The van der Waals surface area contributed by atoms with E-state index in [0.29, 0.717) is 49.8 Å². The maximum atomic E-state index is 13.1. The summed E-state index contributed by atoms with van der Waals surface area (Å²) in [5.74, 6) is 1.30. The molecule has 9 heteroatoms. The van der Waals surface area contributed by atoms with Crippen molar-refractivity contribution in [2.75, 3.05) is 26.2 Å². The number of nitrogens with one attached hydrogen (secondary N) is 1. The Morgan fingerprint density at radius 3 is 2.42 bits per heavy atom. The number of rotatable bonds is 4. The number of pyridine rings is 1. The Labute approximate surface area is 194 Å². The van der Waals surface area contributed by atoms with Crippen LogP contribution in [0.25, 0.3) is 11.2 Å². The number of aromatic nitrogens is 3. The van der Waals surface area contributed by atoms with Crippen LogP contribution in [0.15, 0.2) is 47.5 Å². The molecule has 1 atom stereocenters. The Kier molecular flexibility index (Phi) is 6.03. The summed E-state index contributed by atoms with van der Waals surface area (Å²) in [4.78, 5) is 27.7. The quantitative estimate of drug-likeness (QED) is 0.593. The first-order valence-corrected chi connectivity index (χ1v) is 13.0. The number of benzene rings is 1. The minimum atomic E-state index is -3.51. The Bertz CT molecular complexity index is 1150. The third kappa shape index (κ3) is 4.45. The average molecular weight is 468 g/mol. The Balaban J connectivity index is 1.15. The number of aromatic amines is 1. The second kappa shape index (κ2) is 8.96. The van der Waals surface area contributed by atoms with Crippen molar-refractivity contribution in [3.8, 4) is 0 Å². The molecular formula is C24H29N5O3S. The van der Waals surface area contributed by atoms with Gasteiger partial charge in [-0.2, -0.15) is 0 Å². The van der Waals surface area contributed by atoms with Crippen molar-refractivity contribution in [3.05, 3.63) is 54.0 Å². The molecule has 4 heterocycles. The zero-order chi connectivity index (χ0) is 23.0. The standard InChI is InChI=1S/C24H29N5O3S/c1-17-4-6-20(7-5-17)33(31,32)29-15-10-19(11-16-29)24(30)28-13-8-18(9-14-28)22-26-21-3-2-12-25-23(21)27-22/h2-7,12,18-19H,8-11,13-16H2,1H3,(H-,25,26,27,31,32). The molecule has 8 nitrogen and oxygen atoms in total. The van der Waals surface area contributed by atoms with E-state index in [1.165, 1.54) is 4.31 Å². The van der Waals surface area contributed by atoms with Crippen molar-refractivity contribution >= 4 is 27.5 Å². The van der Waals surface area contributed by atoms with Gasteiger partial charge in [-0.1, -0.05) is 21.9 Å². The summed E-state index contributed by atoms with van der Waals surface area (Å²) < 4.78 is 27.4. The number of H-pyrrole nitrogens is 1. The van der Waals surface area contributed by atoms with Crippen LogP contribution in [0.2, 0.25) is 0 Å². The third-order valence-electron chi connectivity index (χ3n) is 6.93. The molecule has 2 saturated heterocycles. The summed E-state index contributed by atoms with van der Waals surface area (Å²) in [5, 5.41) is 0. The Hall–Kier alpha value is -2.62. The van der Waals surface area contributed by atoms with E-state index in [-0.39, 0.29) is 11.8 Å². The lowest BCUT2D eigenvalue weighted by atomic mass is 9.92. The fourth-order valence-electron chi connectivity index (χ4n) is 4.89. The van der Waals surface area contributed by atoms with Crippen LogP contribution in [0.5, 0.6) is 0 Å². The number of imidazole rings is 1. The molecule has 0 bridgehead atoms. The maximum absolute atomic E-state index is 13.1. The number of amides is 1. The van der Waals surface area contributed by atoms with Gasteiger partial charge < -0.3 is 14.4 Å². The largest absolute Gasteiger partial charge is 0.593 e. The average Bonchev–Trinajstić information content (AvgIpc) is 3.28. The molecule has 0 spiro atoms. The van der Waals surface area contributed by atoms with Gasteiger partial charge in [0.05, 0.1) is 5.52 Å². The lowest BCUT2D eigenvalue weighted by molar-refractivity contribution is -0.137. The SMILES string of the molecule is Cc1ccc([S+](=O)([O-])N2CCC(C(=O)N3CCC(c4nc5ncccc5[nH]4)CC3)CC2)cc1. The monoisotopic (exact) mass is 467 g/mol. The van der Waals surface area contributed by atoms with Crippen molar-refractivity contribution in [2.24, 2.45) is 5.92 Å². The summed E-state index contributed by atoms with van der Waals surface area (Å²) in [5.41, 5.74) is 2.70. The molecule has 2 aliphatic rings. The van der Waals surface area contributed by atoms with E-state index < -0.39 is 10.4 Å². The highest BCUT2D eigenvalue weighted by Crippen LogP contribution is 2.31. The van der Waals surface area contributed by atoms with Crippen molar-refractivity contribution in [1.82, 2.24) is 24.2 Å². The maximum Gasteiger partial charge on any atom is 0.225 e. The minimum Gasteiger partial charge on any atom is -0.593 e. The summed E-state index contributed by atoms with van der Waals surface area (Å²) >= 11 is 0. The molecule has 1 N–H and O–H groups in total. The van der Waals surface area contributed by atoms with Crippen molar-refractivity contribution in [2.45, 2.75) is 43.4 Å². The second-order valence-electron chi connectivity index (χ2n) is 9.09. The van der Waals surface area contributed by atoms with Crippen LogP contribution in [-0.2, 0) is 19.4 Å². The second-order valence-corrected chi connectivity index (χ2v) is 11.0. The molecule has 1 amide bonds. The summed E-state index contributed by atoms with van der Waals surface area (Å²) in [6.07, 6.45) is 4.61. The van der Waals surface area contributed by atoms with E-state index in [1.54, 1.807) is 18.3 Å². The molecule has 2 fully saturated rings. The molecule has 0 saturated carbocycles. The van der Waals surface area contributed by atoms with E-state index in [9.17, 15) is 13.6 Å². The molecule has 0 aliphatic carbocycles. The number of carbonyl (C=O) groups is 1. The molecule has 1 aromatic carbocycles. The Morgan fingerprint density at radius 2 is 1.76 bits per heavy atom. The zero-order valence-corrected chi connectivity index (χ0v) is 19.6. The number of hydrogen-bond donors (Lipinski definition) is 1. The molecule has 2 aliphatic heterocycles. The van der Waals surface area contributed by atoms with Gasteiger partial charge in [-0.05, 0) is 56.9 Å². The summed E-state index contributed by atoms with van der Waals surface area (Å²) in [7, 11) is -3.51. The van der Waals surface area contributed by atoms with Gasteiger partial charge in [0.1, 0.15) is 5.82 Å². The number of sulfonamides is 1. The van der Waals surface area contributed by atoms with Crippen molar-refractivity contribution in [3.63, 3.8) is 0 Å². The fraction of sp³-hybridized carbons (Fsp3) is 0.458. The highest BCUT2D eigenvalue weighted by atomic mass is 32.3. The molecule has 3 aromatic rings. The van der Waals surface area contributed by atoms with E-state index in [2.05, 4.69) is 15.0 Å². The van der Waals surface area contributed by atoms with Gasteiger partial charge in [-0.3, -0.25) is 4.79 Å². The third-order valence-corrected chi connectivity index (χ3v) is 8.84. The lowest BCUT2D eigenvalue weighted by Gasteiger charge is -2.37. The highest BCUT2D eigenvalue weighted by Gasteiger charge is 2.37. The van der Waals surface area contributed by atoms with Gasteiger partial charge in [0.15, 0.2) is 20.9 Å². The predicted octanol–water partition coefficient (Wildman–Crippen LogP) is 3.29. The van der Waals surface area contributed by atoms with E-state index in [1.807, 2.05) is 36.1 Å². The topological polar surface area (TPSA) is 105 Å². The van der Waals surface area contributed by atoms with Crippen LogP contribution < -0.4 is 0 Å². The van der Waals surface area contributed by atoms with Crippen LogP contribution in [0.1, 0.15) is 43.0 Å². The van der Waals surface area contributed by atoms with Crippen molar-refractivity contribution < 1.29 is 13.6 Å².